The van der Waals surface area contributed by atoms with Gasteiger partial charge in [0.1, 0.15) is 0 Å². The van der Waals surface area contributed by atoms with Crippen molar-refractivity contribution >= 4 is 45.3 Å². The largest absolute Gasteiger partial charge is 0.309 e. The van der Waals surface area contributed by atoms with Gasteiger partial charge in [-0.3, -0.25) is 0 Å². The highest BCUT2D eigenvalue weighted by Gasteiger charge is 2.40. The fourth-order valence-electron chi connectivity index (χ4n) is 8.51. The third-order valence-electron chi connectivity index (χ3n) is 11.0. The third-order valence-corrected chi connectivity index (χ3v) is 13.6. The van der Waals surface area contributed by atoms with Crippen molar-refractivity contribution in [3.8, 4) is 50.7 Å². The number of rotatable bonds is 4. The smallest absolute Gasteiger partial charge is 0.160 e. The van der Waals surface area contributed by atoms with Gasteiger partial charge in [-0.25, -0.2) is 9.97 Å². The van der Waals surface area contributed by atoms with Crippen molar-refractivity contribution in [2.45, 2.75) is 38.8 Å². The maximum Gasteiger partial charge on any atom is 0.160 e. The summed E-state index contributed by atoms with van der Waals surface area (Å²) in [6, 6.07) is 58.9. The van der Waals surface area contributed by atoms with Crippen molar-refractivity contribution in [1.29, 1.82) is 0 Å². The zero-order chi connectivity index (χ0) is 36.0. The van der Waals surface area contributed by atoms with Crippen LogP contribution in [0.25, 0.3) is 72.5 Å². The van der Waals surface area contributed by atoms with Crippen molar-refractivity contribution in [2.75, 3.05) is 0 Å². The number of hydrogen-bond acceptors (Lipinski definition) is 4. The number of para-hydroxylation sites is 1. The molecule has 0 unspecified atom stereocenters. The minimum absolute atomic E-state index is 0.215. The van der Waals surface area contributed by atoms with Crippen molar-refractivity contribution < 1.29 is 0 Å². The molecule has 2 aliphatic rings. The van der Waals surface area contributed by atoms with Crippen LogP contribution in [0.4, 0.5) is 0 Å². The minimum Gasteiger partial charge on any atom is -0.309 e. The molecule has 0 fully saturated rings. The summed E-state index contributed by atoms with van der Waals surface area (Å²) in [5.74, 6) is 0.716. The Kier molecular flexibility index (Phi) is 7.07. The highest BCUT2D eigenvalue weighted by Crippen LogP contribution is 2.57. The molecule has 0 bridgehead atoms. The number of aromatic nitrogens is 3. The summed E-state index contributed by atoms with van der Waals surface area (Å²) >= 11 is 3.79. The molecule has 0 radical (unpaired) electrons. The van der Waals surface area contributed by atoms with E-state index in [4.69, 9.17) is 9.97 Å². The second-order valence-corrected chi connectivity index (χ2v) is 16.8. The predicted molar refractivity (Wildman–Crippen MR) is 225 cm³/mol. The van der Waals surface area contributed by atoms with E-state index in [1.807, 2.05) is 47.8 Å². The fraction of sp³-hybridized carbons (Fsp3) is 0.0612. The molecular formula is C49H33N3S2. The first-order chi connectivity index (χ1) is 26.5. The van der Waals surface area contributed by atoms with Crippen LogP contribution < -0.4 is 0 Å². The average Bonchev–Trinajstić information content (AvgIpc) is 3.67. The van der Waals surface area contributed by atoms with Crippen LogP contribution in [0.15, 0.2) is 183 Å². The third kappa shape index (κ3) is 4.85. The molecule has 3 nitrogen and oxygen atoms in total. The first-order valence-corrected chi connectivity index (χ1v) is 20.0. The number of fused-ring (bicyclic) bond motifs is 9. The highest BCUT2D eigenvalue weighted by atomic mass is 32.2. The average molecular weight is 728 g/mol. The molecule has 54 heavy (non-hydrogen) atoms. The van der Waals surface area contributed by atoms with Crippen LogP contribution in [-0.2, 0) is 5.41 Å². The maximum absolute atomic E-state index is 5.18. The standard InChI is InChI=1S/C49H33N3S2/c1-49(2)38-28-45-44(53-42-22-11-12-23-43(42)54-45)27-37(38)35-24-25-36-34-20-9-10-21-41(34)52(47(36)46(35)49)33-19-13-18-32(26-33)40-29-39(30-14-5-3-6-15-30)50-48(51-40)31-16-7-4-8-17-31/h3-29H,1-2H3. The molecule has 5 heteroatoms. The van der Waals surface area contributed by atoms with E-state index >= 15 is 0 Å². The summed E-state index contributed by atoms with van der Waals surface area (Å²) in [5, 5.41) is 2.53. The van der Waals surface area contributed by atoms with Gasteiger partial charge < -0.3 is 4.57 Å². The monoisotopic (exact) mass is 727 g/mol. The molecule has 1 aliphatic heterocycles. The van der Waals surface area contributed by atoms with Gasteiger partial charge in [0.25, 0.3) is 0 Å². The van der Waals surface area contributed by atoms with Gasteiger partial charge in [0, 0.05) is 58.1 Å². The number of nitrogens with zero attached hydrogens (tertiary/aromatic N) is 3. The Bertz CT molecular complexity index is 2910. The van der Waals surface area contributed by atoms with Gasteiger partial charge in [-0.2, -0.15) is 0 Å². The lowest BCUT2D eigenvalue weighted by molar-refractivity contribution is 0.661. The Morgan fingerprint density at radius 3 is 1.87 bits per heavy atom. The van der Waals surface area contributed by atoms with Crippen molar-refractivity contribution in [1.82, 2.24) is 14.5 Å². The van der Waals surface area contributed by atoms with Crippen molar-refractivity contribution in [3.05, 3.63) is 175 Å². The molecule has 7 aromatic carbocycles. The predicted octanol–water partition coefficient (Wildman–Crippen LogP) is 13.5. The Labute approximate surface area is 322 Å². The molecular weight excluding hydrogens is 695 g/mol. The fourth-order valence-corrected chi connectivity index (χ4v) is 10.8. The van der Waals surface area contributed by atoms with Crippen molar-refractivity contribution in [2.24, 2.45) is 0 Å². The Hall–Kier alpha value is -5.88. The van der Waals surface area contributed by atoms with Crippen LogP contribution in [-0.4, -0.2) is 14.5 Å². The minimum atomic E-state index is -0.215. The van der Waals surface area contributed by atoms with Crippen LogP contribution in [0, 0.1) is 0 Å². The van der Waals surface area contributed by atoms with Crippen LogP contribution in [0.5, 0.6) is 0 Å². The van der Waals surface area contributed by atoms with Gasteiger partial charge in [-0.1, -0.05) is 153 Å². The summed E-state index contributed by atoms with van der Waals surface area (Å²) in [5.41, 5.74) is 13.7. The van der Waals surface area contributed by atoms with Gasteiger partial charge >= 0.3 is 0 Å². The SMILES string of the molecule is CC1(C)c2cc3c(cc2-c2ccc4c5ccccc5n(-c5cccc(-c6cc(-c7ccccc7)nc(-c7ccccc7)n6)c5)c4c21)Sc1ccccc1S3. The first kappa shape index (κ1) is 31.6. The molecule has 0 spiro atoms. The van der Waals surface area contributed by atoms with E-state index in [0.29, 0.717) is 5.82 Å². The summed E-state index contributed by atoms with van der Waals surface area (Å²) in [7, 11) is 0. The molecule has 0 saturated heterocycles. The summed E-state index contributed by atoms with van der Waals surface area (Å²) in [6.45, 7) is 4.82. The lowest BCUT2D eigenvalue weighted by Gasteiger charge is -2.25. The molecule has 3 heterocycles. The van der Waals surface area contributed by atoms with E-state index in [0.717, 1.165) is 33.8 Å². The summed E-state index contributed by atoms with van der Waals surface area (Å²) < 4.78 is 2.50. The number of hydrogen-bond donors (Lipinski definition) is 0. The van der Waals surface area contributed by atoms with E-state index in [9.17, 15) is 0 Å². The molecule has 9 aromatic rings. The molecule has 256 valence electrons. The Morgan fingerprint density at radius 2 is 1.11 bits per heavy atom. The quantitative estimate of drug-likeness (QED) is 0.181. The van der Waals surface area contributed by atoms with Crippen LogP contribution in [0.2, 0.25) is 0 Å². The lowest BCUT2D eigenvalue weighted by atomic mass is 9.81. The van der Waals surface area contributed by atoms with E-state index in [1.54, 1.807) is 0 Å². The zero-order valence-corrected chi connectivity index (χ0v) is 31.4. The Balaban J connectivity index is 1.12. The van der Waals surface area contributed by atoms with Crippen LogP contribution in [0.1, 0.15) is 25.0 Å². The topological polar surface area (TPSA) is 30.7 Å². The van der Waals surface area contributed by atoms with Gasteiger partial charge in [0.05, 0.1) is 22.4 Å². The second-order valence-electron chi connectivity index (χ2n) is 14.6. The van der Waals surface area contributed by atoms with E-state index in [-0.39, 0.29) is 5.41 Å². The van der Waals surface area contributed by atoms with Crippen molar-refractivity contribution in [3.63, 3.8) is 0 Å². The molecule has 0 amide bonds. The Morgan fingerprint density at radius 1 is 0.481 bits per heavy atom. The van der Waals surface area contributed by atoms with Crippen LogP contribution in [0.3, 0.4) is 0 Å². The van der Waals surface area contributed by atoms with Gasteiger partial charge in [-0.05, 0) is 70.8 Å². The first-order valence-electron chi connectivity index (χ1n) is 18.3. The van der Waals surface area contributed by atoms with E-state index < -0.39 is 0 Å². The zero-order valence-electron chi connectivity index (χ0n) is 29.7. The van der Waals surface area contributed by atoms with E-state index in [2.05, 4.69) is 158 Å². The lowest BCUT2D eigenvalue weighted by Crippen LogP contribution is -2.17. The molecule has 0 atom stereocenters. The van der Waals surface area contributed by atoms with Gasteiger partial charge in [-0.15, -0.1) is 0 Å². The molecule has 1 aliphatic carbocycles. The molecule has 0 saturated carbocycles. The molecule has 2 aromatic heterocycles. The normalized spacial score (nSPS) is 13.7. The maximum atomic E-state index is 5.18. The molecule has 0 N–H and O–H groups in total. The van der Waals surface area contributed by atoms with E-state index in [1.165, 1.54) is 63.6 Å². The molecule has 11 rings (SSSR count). The number of benzene rings is 7. The van der Waals surface area contributed by atoms with Gasteiger partial charge in [0.2, 0.25) is 0 Å². The van der Waals surface area contributed by atoms with Gasteiger partial charge in [0.15, 0.2) is 5.82 Å². The second kappa shape index (κ2) is 12.1. The highest BCUT2D eigenvalue weighted by molar-refractivity contribution is 8.05. The van der Waals surface area contributed by atoms with Crippen LogP contribution >= 0.6 is 23.5 Å². The summed E-state index contributed by atoms with van der Waals surface area (Å²) in [6.07, 6.45) is 0. The summed E-state index contributed by atoms with van der Waals surface area (Å²) in [4.78, 5) is 15.6.